The van der Waals surface area contributed by atoms with Crippen LogP contribution in [0.3, 0.4) is 0 Å². The fourth-order valence-corrected chi connectivity index (χ4v) is 0.532. The summed E-state index contributed by atoms with van der Waals surface area (Å²) in [5, 5.41) is 3.11. The molecule has 0 aliphatic carbocycles. The van der Waals surface area contributed by atoms with Gasteiger partial charge in [-0.3, -0.25) is 0 Å². The Kier molecular flexibility index (Phi) is 2.17. The summed E-state index contributed by atoms with van der Waals surface area (Å²) in [7, 11) is 0. The van der Waals surface area contributed by atoms with Crippen molar-refractivity contribution in [3.63, 3.8) is 0 Å². The van der Waals surface area contributed by atoms with Gasteiger partial charge in [-0.1, -0.05) is 0 Å². The van der Waals surface area contributed by atoms with Gasteiger partial charge < -0.3 is 10.1 Å². The van der Waals surface area contributed by atoms with Gasteiger partial charge in [-0.15, -0.1) is 0 Å². The first kappa shape index (κ1) is 5.06. The van der Waals surface area contributed by atoms with Crippen LogP contribution >= 0.6 is 0 Å². The lowest BCUT2D eigenvalue weighted by Crippen LogP contribution is -2.13. The number of hydrogen-bond donors (Lipinski definition) is 1. The molecule has 0 aromatic carbocycles. The summed E-state index contributed by atoms with van der Waals surface area (Å²) in [6.45, 7) is 5.40. The fraction of sp³-hybridized carbons (Fsp3) is 0.800. The second-order valence-corrected chi connectivity index (χ2v) is 1.52. The highest BCUT2D eigenvalue weighted by Crippen LogP contribution is 1.88. The predicted octanol–water partition coefficient (Wildman–Crippen LogP) is 0.0351. The smallest absolute Gasteiger partial charge is 0.147 e. The van der Waals surface area contributed by atoms with Gasteiger partial charge in [0.25, 0.3) is 0 Å². The highest BCUT2D eigenvalue weighted by Gasteiger charge is 1.95. The Bertz CT molecular complexity index is 27.7. The van der Waals surface area contributed by atoms with Gasteiger partial charge >= 0.3 is 0 Å². The average molecular weight is 99.1 g/mol. The van der Waals surface area contributed by atoms with E-state index in [0.717, 1.165) is 26.1 Å². The Morgan fingerprint density at radius 3 is 3.57 bits per heavy atom. The molecule has 1 heterocycles. The van der Waals surface area contributed by atoms with Crippen LogP contribution in [0.25, 0.3) is 0 Å². The van der Waals surface area contributed by atoms with Crippen LogP contribution in [0.5, 0.6) is 0 Å². The molecule has 0 atom stereocenters. The van der Waals surface area contributed by atoms with Crippen LogP contribution in [-0.2, 0) is 4.74 Å². The van der Waals surface area contributed by atoms with Gasteiger partial charge in [0.15, 0.2) is 0 Å². The monoisotopic (exact) mass is 99.1 g/mol. The molecular formula is C5H9NO. The third kappa shape index (κ3) is 1.90. The summed E-state index contributed by atoms with van der Waals surface area (Å²) in [4.78, 5) is 0. The molecule has 2 radical (unpaired) electrons. The van der Waals surface area contributed by atoms with Crippen molar-refractivity contribution in [2.75, 3.05) is 19.7 Å². The second-order valence-electron chi connectivity index (χ2n) is 1.52. The van der Waals surface area contributed by atoms with E-state index in [2.05, 4.69) is 11.9 Å². The zero-order chi connectivity index (χ0) is 4.95. The van der Waals surface area contributed by atoms with Crippen molar-refractivity contribution in [1.29, 1.82) is 0 Å². The molecule has 0 spiro atoms. The first-order chi connectivity index (χ1) is 3.50. The number of rotatable bonds is 0. The molecule has 0 saturated carbocycles. The molecule has 1 aliphatic rings. The summed E-state index contributed by atoms with van der Waals surface area (Å²) >= 11 is 0. The van der Waals surface area contributed by atoms with Gasteiger partial charge in [-0.05, 0) is 13.0 Å². The highest BCUT2D eigenvalue weighted by atomic mass is 16.5. The minimum absolute atomic E-state index is 0.778. The van der Waals surface area contributed by atoms with E-state index >= 15 is 0 Å². The van der Waals surface area contributed by atoms with Gasteiger partial charge in [-0.2, -0.15) is 0 Å². The molecule has 0 aromatic heterocycles. The molecule has 1 N–H and O–H groups in total. The van der Waals surface area contributed by atoms with Gasteiger partial charge in [0, 0.05) is 13.2 Å². The van der Waals surface area contributed by atoms with Crippen LogP contribution in [0, 0.1) is 6.61 Å². The molecule has 2 heteroatoms. The molecule has 0 aromatic rings. The molecule has 2 nitrogen and oxygen atoms in total. The van der Waals surface area contributed by atoms with Gasteiger partial charge in [0.05, 0.1) is 0 Å². The van der Waals surface area contributed by atoms with Crippen LogP contribution < -0.4 is 5.32 Å². The highest BCUT2D eigenvalue weighted by molar-refractivity contribution is 4.59. The third-order valence-electron chi connectivity index (χ3n) is 0.899. The van der Waals surface area contributed by atoms with Gasteiger partial charge in [0.1, 0.15) is 6.61 Å². The molecule has 1 rings (SSSR count). The zero-order valence-corrected chi connectivity index (χ0v) is 4.24. The maximum absolute atomic E-state index is 4.88. The Morgan fingerprint density at radius 2 is 2.57 bits per heavy atom. The van der Waals surface area contributed by atoms with Crippen molar-refractivity contribution in [1.82, 2.24) is 5.32 Å². The van der Waals surface area contributed by atoms with E-state index in [1.807, 2.05) is 0 Å². The first-order valence-corrected chi connectivity index (χ1v) is 2.55. The molecular weight excluding hydrogens is 90.1 g/mol. The number of nitrogens with one attached hydrogen (secondary N) is 1. The van der Waals surface area contributed by atoms with E-state index in [0.29, 0.717) is 0 Å². The van der Waals surface area contributed by atoms with Crippen LogP contribution in [0.1, 0.15) is 6.42 Å². The normalized spacial score (nSPS) is 24.0. The average Bonchev–Trinajstić information content (AvgIpc) is 1.90. The largest absolute Gasteiger partial charge is 0.367 e. The van der Waals surface area contributed by atoms with Crippen LogP contribution in [-0.4, -0.2) is 19.7 Å². The van der Waals surface area contributed by atoms with Crippen molar-refractivity contribution < 1.29 is 4.74 Å². The summed E-state index contributed by atoms with van der Waals surface area (Å²) in [6, 6.07) is 0. The molecule has 0 amide bonds. The van der Waals surface area contributed by atoms with Crippen LogP contribution in [0.15, 0.2) is 0 Å². The van der Waals surface area contributed by atoms with Crippen molar-refractivity contribution in [2.45, 2.75) is 6.42 Å². The SMILES string of the molecule is [C]1CNCCCO1. The van der Waals surface area contributed by atoms with Crippen molar-refractivity contribution in [3.05, 3.63) is 6.61 Å². The Balaban J connectivity index is 2.04. The molecule has 0 bridgehead atoms. The topological polar surface area (TPSA) is 21.3 Å². The maximum atomic E-state index is 4.88. The first-order valence-electron chi connectivity index (χ1n) is 2.55. The van der Waals surface area contributed by atoms with Crippen LogP contribution in [0.4, 0.5) is 0 Å². The van der Waals surface area contributed by atoms with E-state index in [1.54, 1.807) is 0 Å². The summed E-state index contributed by atoms with van der Waals surface area (Å²) in [5.41, 5.74) is 0. The zero-order valence-electron chi connectivity index (χ0n) is 4.24. The lowest BCUT2D eigenvalue weighted by atomic mass is 10.5. The van der Waals surface area contributed by atoms with Gasteiger partial charge in [-0.25, -0.2) is 0 Å². The quantitative estimate of drug-likeness (QED) is 0.463. The minimum atomic E-state index is 0.778. The Hall–Kier alpha value is -0.0800. The van der Waals surface area contributed by atoms with E-state index in [-0.39, 0.29) is 0 Å². The summed E-state index contributed by atoms with van der Waals surface area (Å²) in [6.07, 6.45) is 1.10. The lowest BCUT2D eigenvalue weighted by molar-refractivity contribution is 0.209. The van der Waals surface area contributed by atoms with E-state index < -0.39 is 0 Å². The third-order valence-corrected chi connectivity index (χ3v) is 0.899. The number of ether oxygens (including phenoxy) is 1. The summed E-state index contributed by atoms with van der Waals surface area (Å²) in [5.74, 6) is 0. The van der Waals surface area contributed by atoms with E-state index in [1.165, 1.54) is 0 Å². The lowest BCUT2D eigenvalue weighted by Gasteiger charge is -1.89. The molecule has 1 fully saturated rings. The second kappa shape index (κ2) is 2.99. The molecule has 7 heavy (non-hydrogen) atoms. The Labute approximate surface area is 43.9 Å². The fourth-order valence-electron chi connectivity index (χ4n) is 0.532. The molecule has 1 saturated heterocycles. The maximum Gasteiger partial charge on any atom is 0.147 e. The van der Waals surface area contributed by atoms with Crippen molar-refractivity contribution >= 4 is 0 Å². The van der Waals surface area contributed by atoms with Crippen LogP contribution in [0.2, 0.25) is 0 Å². The minimum Gasteiger partial charge on any atom is -0.367 e. The molecule has 0 unspecified atom stereocenters. The standard InChI is InChI=1S/C5H9NO/c1-2-6-3-5-7-4-1/h6H,1-4H2. The summed E-state index contributed by atoms with van der Waals surface area (Å²) < 4.78 is 4.88. The van der Waals surface area contributed by atoms with E-state index in [9.17, 15) is 0 Å². The Morgan fingerprint density at radius 1 is 1.57 bits per heavy atom. The van der Waals surface area contributed by atoms with E-state index in [4.69, 9.17) is 4.74 Å². The predicted molar refractivity (Wildman–Crippen MR) is 26.7 cm³/mol. The molecule has 40 valence electrons. The molecule has 1 aliphatic heterocycles. The van der Waals surface area contributed by atoms with Crippen molar-refractivity contribution in [3.8, 4) is 0 Å². The number of hydrogen-bond acceptors (Lipinski definition) is 2. The van der Waals surface area contributed by atoms with Crippen molar-refractivity contribution in [2.24, 2.45) is 0 Å². The van der Waals surface area contributed by atoms with Gasteiger partial charge in [0.2, 0.25) is 0 Å².